The Morgan fingerprint density at radius 2 is 2.19 bits per heavy atom. The first-order valence-corrected chi connectivity index (χ1v) is 11.8. The van der Waals surface area contributed by atoms with Crippen LogP contribution < -0.4 is 20.5 Å². The molecule has 2 atom stereocenters. The molecule has 1 fully saturated rings. The van der Waals surface area contributed by atoms with Gasteiger partial charge in [0, 0.05) is 44.4 Å². The topological polar surface area (TPSA) is 113 Å². The molecule has 2 aromatic rings. The summed E-state index contributed by atoms with van der Waals surface area (Å²) in [6, 6.07) is 1.25. The van der Waals surface area contributed by atoms with Gasteiger partial charge in [0.25, 0.3) is 5.56 Å². The van der Waals surface area contributed by atoms with Gasteiger partial charge in [0.05, 0.1) is 49.2 Å². The van der Waals surface area contributed by atoms with Crippen molar-refractivity contribution >= 4 is 29.0 Å². The molecule has 1 amide bonds. The van der Waals surface area contributed by atoms with E-state index >= 15 is 0 Å². The zero-order valence-corrected chi connectivity index (χ0v) is 20.2. The summed E-state index contributed by atoms with van der Waals surface area (Å²) in [5, 5.41) is 8.31. The normalized spacial score (nSPS) is 18.5. The van der Waals surface area contributed by atoms with Crippen LogP contribution in [0.15, 0.2) is 23.3 Å². The van der Waals surface area contributed by atoms with Crippen molar-refractivity contribution in [2.24, 2.45) is 0 Å². The summed E-state index contributed by atoms with van der Waals surface area (Å²) in [5.74, 6) is 1.30. The molecule has 14 heteroatoms. The first-order chi connectivity index (χ1) is 17.1. The smallest absolute Gasteiger partial charge is 0.423 e. The standard InChI is InChI=1S/C22H26ClF3N6O4/c1-13(29-16-10-28-30-21(34)19(16)22(24,25)26)12-35-6-3-18(33)31-4-5-32-15(11-31)2-7-36-17-8-14(23)9-27-20(17)32/h8-10,13,15H,2-7,11-12H2,1H3,(H2,29,30,34)/t13-,15?/m0/s1. The van der Waals surface area contributed by atoms with Gasteiger partial charge in [-0.1, -0.05) is 11.6 Å². The Bertz CT molecular complexity index is 1150. The fraction of sp³-hybridized carbons (Fsp3) is 0.545. The van der Waals surface area contributed by atoms with Crippen LogP contribution in [0.4, 0.5) is 24.7 Å². The van der Waals surface area contributed by atoms with E-state index in [-0.39, 0.29) is 31.6 Å². The number of aromatic nitrogens is 3. The highest BCUT2D eigenvalue weighted by atomic mass is 35.5. The molecule has 36 heavy (non-hydrogen) atoms. The van der Waals surface area contributed by atoms with Gasteiger partial charge >= 0.3 is 6.18 Å². The van der Waals surface area contributed by atoms with Crippen LogP contribution in [-0.2, 0) is 15.7 Å². The zero-order valence-electron chi connectivity index (χ0n) is 19.5. The van der Waals surface area contributed by atoms with E-state index in [1.165, 1.54) is 0 Å². The van der Waals surface area contributed by atoms with Gasteiger partial charge < -0.3 is 24.6 Å². The number of nitrogens with one attached hydrogen (secondary N) is 2. The number of carbonyl (C=O) groups excluding carboxylic acids is 1. The van der Waals surface area contributed by atoms with Gasteiger partial charge in [0.2, 0.25) is 5.91 Å². The number of anilines is 2. The van der Waals surface area contributed by atoms with E-state index in [1.54, 1.807) is 29.2 Å². The number of amides is 1. The maximum atomic E-state index is 13.2. The molecule has 2 N–H and O–H groups in total. The van der Waals surface area contributed by atoms with Crippen LogP contribution in [0.3, 0.4) is 0 Å². The van der Waals surface area contributed by atoms with Crippen molar-refractivity contribution in [2.75, 3.05) is 49.7 Å². The Kier molecular flexibility index (Phi) is 7.88. The number of ether oxygens (including phenoxy) is 2. The maximum Gasteiger partial charge on any atom is 0.423 e. The Morgan fingerprint density at radius 1 is 1.39 bits per heavy atom. The second-order valence-electron chi connectivity index (χ2n) is 8.66. The number of hydrogen-bond acceptors (Lipinski definition) is 8. The Labute approximate surface area is 209 Å². The molecule has 2 aromatic heterocycles. The minimum atomic E-state index is -4.83. The molecule has 0 saturated carbocycles. The third-order valence-corrected chi connectivity index (χ3v) is 6.19. The van der Waals surface area contributed by atoms with Gasteiger partial charge in [-0.25, -0.2) is 10.1 Å². The number of alkyl halides is 3. The van der Waals surface area contributed by atoms with E-state index < -0.39 is 29.0 Å². The Morgan fingerprint density at radius 3 is 2.97 bits per heavy atom. The summed E-state index contributed by atoms with van der Waals surface area (Å²) in [7, 11) is 0. The van der Waals surface area contributed by atoms with Gasteiger partial charge in [0.1, 0.15) is 5.56 Å². The summed E-state index contributed by atoms with van der Waals surface area (Å²) in [6.07, 6.45) is -1.47. The number of rotatable bonds is 7. The number of carbonyl (C=O) groups is 1. The quantitative estimate of drug-likeness (QED) is 0.525. The van der Waals surface area contributed by atoms with Crippen LogP contribution in [0.2, 0.25) is 5.02 Å². The van der Waals surface area contributed by atoms with E-state index in [1.807, 2.05) is 0 Å². The molecule has 4 heterocycles. The highest BCUT2D eigenvalue weighted by molar-refractivity contribution is 6.30. The lowest BCUT2D eigenvalue weighted by molar-refractivity contribution is -0.138. The summed E-state index contributed by atoms with van der Waals surface area (Å²) in [4.78, 5) is 32.7. The number of hydrogen-bond donors (Lipinski definition) is 2. The summed E-state index contributed by atoms with van der Waals surface area (Å²) in [5.41, 5.74) is -3.10. The molecule has 4 rings (SSSR count). The van der Waals surface area contributed by atoms with Crippen LogP contribution in [0.1, 0.15) is 25.3 Å². The molecular formula is C22H26ClF3N6O4. The van der Waals surface area contributed by atoms with Gasteiger partial charge in [-0.05, 0) is 6.92 Å². The van der Waals surface area contributed by atoms with Crippen LogP contribution in [0.5, 0.6) is 5.75 Å². The van der Waals surface area contributed by atoms with Gasteiger partial charge in [-0.3, -0.25) is 9.59 Å². The van der Waals surface area contributed by atoms with Gasteiger partial charge in [0.15, 0.2) is 11.6 Å². The van der Waals surface area contributed by atoms with E-state index in [0.717, 1.165) is 18.4 Å². The second-order valence-corrected chi connectivity index (χ2v) is 9.09. The third-order valence-electron chi connectivity index (χ3n) is 5.99. The average molecular weight is 531 g/mol. The number of fused-ring (bicyclic) bond motifs is 3. The van der Waals surface area contributed by atoms with E-state index in [4.69, 9.17) is 21.1 Å². The molecule has 0 aliphatic carbocycles. The lowest BCUT2D eigenvalue weighted by atomic mass is 10.1. The molecular weight excluding hydrogens is 505 g/mol. The van der Waals surface area contributed by atoms with Crippen LogP contribution in [-0.4, -0.2) is 77.5 Å². The summed E-state index contributed by atoms with van der Waals surface area (Å²) >= 11 is 6.03. The molecule has 0 bridgehead atoms. The second kappa shape index (κ2) is 10.9. The predicted octanol–water partition coefficient (Wildman–Crippen LogP) is 2.54. The number of aromatic amines is 1. The molecule has 0 spiro atoms. The van der Waals surface area contributed by atoms with Crippen molar-refractivity contribution in [3.05, 3.63) is 39.4 Å². The van der Waals surface area contributed by atoms with E-state index in [2.05, 4.69) is 20.3 Å². The number of nitrogens with zero attached hydrogens (tertiary/aromatic N) is 4. The van der Waals surface area contributed by atoms with Gasteiger partial charge in [-0.15, -0.1) is 0 Å². The maximum absolute atomic E-state index is 13.2. The zero-order chi connectivity index (χ0) is 25.9. The van der Waals surface area contributed by atoms with Crippen molar-refractivity contribution in [3.8, 4) is 5.75 Å². The SMILES string of the molecule is C[C@@H](COCCC(=O)N1CCN2c3ncc(Cl)cc3OCCC2C1)Nc1cn[nH]c(=O)c1C(F)(F)F. The highest BCUT2D eigenvalue weighted by Gasteiger charge is 2.37. The van der Waals surface area contributed by atoms with Crippen molar-refractivity contribution in [3.63, 3.8) is 0 Å². The molecule has 10 nitrogen and oxygen atoms in total. The average Bonchev–Trinajstić information content (AvgIpc) is 2.99. The number of H-pyrrole nitrogens is 1. The fourth-order valence-corrected chi connectivity index (χ4v) is 4.47. The van der Waals surface area contributed by atoms with Crippen molar-refractivity contribution in [1.82, 2.24) is 20.1 Å². The van der Waals surface area contributed by atoms with Crippen LogP contribution in [0.25, 0.3) is 0 Å². The molecule has 2 aliphatic heterocycles. The first-order valence-electron chi connectivity index (χ1n) is 11.5. The number of pyridine rings is 1. The Balaban J connectivity index is 1.24. The minimum Gasteiger partial charge on any atom is -0.490 e. The van der Waals surface area contributed by atoms with Crippen molar-refractivity contribution in [1.29, 1.82) is 0 Å². The lowest BCUT2D eigenvalue weighted by Crippen LogP contribution is -2.55. The molecule has 2 aliphatic rings. The molecule has 1 unspecified atom stereocenters. The highest BCUT2D eigenvalue weighted by Crippen LogP contribution is 2.34. The van der Waals surface area contributed by atoms with Crippen molar-refractivity contribution in [2.45, 2.75) is 38.0 Å². The number of halogens is 4. The fourth-order valence-electron chi connectivity index (χ4n) is 4.32. The predicted molar refractivity (Wildman–Crippen MR) is 125 cm³/mol. The Hall–Kier alpha value is -3.06. The van der Waals surface area contributed by atoms with Gasteiger partial charge in [-0.2, -0.15) is 18.3 Å². The minimum absolute atomic E-state index is 0.0378. The van der Waals surface area contributed by atoms with Crippen molar-refractivity contribution < 1.29 is 27.4 Å². The first kappa shape index (κ1) is 26.0. The van der Waals surface area contributed by atoms with Crippen LogP contribution in [0, 0.1) is 0 Å². The number of piperazine rings is 1. The monoisotopic (exact) mass is 530 g/mol. The summed E-state index contributed by atoms with van der Waals surface area (Å²) in [6.45, 7) is 3.90. The molecule has 0 aromatic carbocycles. The lowest BCUT2D eigenvalue weighted by Gasteiger charge is -2.41. The third kappa shape index (κ3) is 6.01. The van der Waals surface area contributed by atoms with Crippen LogP contribution >= 0.6 is 11.6 Å². The largest absolute Gasteiger partial charge is 0.490 e. The van der Waals surface area contributed by atoms with E-state index in [9.17, 15) is 22.8 Å². The molecule has 1 saturated heterocycles. The summed E-state index contributed by atoms with van der Waals surface area (Å²) < 4.78 is 50.8. The molecule has 0 radical (unpaired) electrons. The van der Waals surface area contributed by atoms with E-state index in [0.29, 0.717) is 37.0 Å². The molecule has 196 valence electrons.